The van der Waals surface area contributed by atoms with Crippen LogP contribution in [0.2, 0.25) is 0 Å². The summed E-state index contributed by atoms with van der Waals surface area (Å²) in [5.41, 5.74) is 0.216. The third-order valence-electron chi connectivity index (χ3n) is 5.39. The molecular formula is C17H20F3N3O. The molecule has 1 saturated heterocycles. The quantitative estimate of drug-likeness (QED) is 0.831. The van der Waals surface area contributed by atoms with Gasteiger partial charge in [0.1, 0.15) is 12.2 Å². The fourth-order valence-electron chi connectivity index (χ4n) is 4.05. The standard InChI is InChI=1S/C17H20F3N3O/c1-12-2-3-13(21-9-12)22-10-15(4-5-15)23(16(11-22)6-7-16)14(24)8-17(18,19)20/h2-3,9H,4-8,10-11H2,1H3. The van der Waals surface area contributed by atoms with Crippen LogP contribution in [0.3, 0.4) is 0 Å². The number of rotatable bonds is 2. The van der Waals surface area contributed by atoms with Crippen LogP contribution >= 0.6 is 0 Å². The van der Waals surface area contributed by atoms with Gasteiger partial charge in [0.05, 0.1) is 11.1 Å². The van der Waals surface area contributed by atoms with Crippen molar-refractivity contribution >= 4 is 11.7 Å². The largest absolute Gasteiger partial charge is 0.397 e. The van der Waals surface area contributed by atoms with Gasteiger partial charge in [-0.25, -0.2) is 4.98 Å². The molecular weight excluding hydrogens is 319 g/mol. The molecule has 130 valence electrons. The van der Waals surface area contributed by atoms with E-state index in [0.29, 0.717) is 13.1 Å². The van der Waals surface area contributed by atoms with Crippen molar-refractivity contribution in [1.29, 1.82) is 0 Å². The lowest BCUT2D eigenvalue weighted by Crippen LogP contribution is -2.64. The summed E-state index contributed by atoms with van der Waals surface area (Å²) in [7, 11) is 0. The zero-order valence-electron chi connectivity index (χ0n) is 13.6. The van der Waals surface area contributed by atoms with Crippen LogP contribution in [0.15, 0.2) is 18.3 Å². The van der Waals surface area contributed by atoms with Gasteiger partial charge in [0, 0.05) is 19.3 Å². The molecule has 4 nitrogen and oxygen atoms in total. The Hall–Kier alpha value is -1.79. The summed E-state index contributed by atoms with van der Waals surface area (Å²) < 4.78 is 38.2. The summed E-state index contributed by atoms with van der Waals surface area (Å²) >= 11 is 0. The van der Waals surface area contributed by atoms with Crippen molar-refractivity contribution < 1.29 is 18.0 Å². The maximum atomic E-state index is 12.7. The molecule has 1 amide bonds. The first kappa shape index (κ1) is 15.7. The minimum atomic E-state index is -4.45. The van der Waals surface area contributed by atoms with Gasteiger partial charge in [0.2, 0.25) is 5.91 Å². The Morgan fingerprint density at radius 1 is 1.17 bits per heavy atom. The minimum absolute atomic E-state index is 0.427. The SMILES string of the molecule is Cc1ccc(N2CC3(CC3)N(C(=O)CC(F)(F)F)C3(CC3)C2)nc1. The van der Waals surface area contributed by atoms with Gasteiger partial charge in [0.25, 0.3) is 0 Å². The fourth-order valence-corrected chi connectivity index (χ4v) is 4.05. The van der Waals surface area contributed by atoms with Gasteiger partial charge < -0.3 is 9.80 Å². The number of carbonyl (C=O) groups excluding carboxylic acids is 1. The first-order valence-electron chi connectivity index (χ1n) is 8.31. The van der Waals surface area contributed by atoms with Crippen molar-refractivity contribution in [2.24, 2.45) is 0 Å². The molecule has 0 atom stereocenters. The third-order valence-corrected chi connectivity index (χ3v) is 5.39. The molecule has 7 heteroatoms. The van der Waals surface area contributed by atoms with E-state index < -0.39 is 29.6 Å². The molecule has 0 unspecified atom stereocenters. The van der Waals surface area contributed by atoms with Crippen molar-refractivity contribution in [1.82, 2.24) is 9.88 Å². The second-order valence-corrected chi connectivity index (χ2v) is 7.52. The predicted octanol–water partition coefficient (Wildman–Crippen LogP) is 3.06. The molecule has 0 bridgehead atoms. The Morgan fingerprint density at radius 2 is 1.75 bits per heavy atom. The molecule has 0 N–H and O–H groups in total. The molecule has 2 aliphatic carbocycles. The van der Waals surface area contributed by atoms with Crippen molar-refractivity contribution in [2.45, 2.75) is 56.3 Å². The highest BCUT2D eigenvalue weighted by Gasteiger charge is 2.66. The Balaban J connectivity index is 1.60. The molecule has 0 aromatic carbocycles. The van der Waals surface area contributed by atoms with E-state index in [1.807, 2.05) is 19.1 Å². The highest BCUT2D eigenvalue weighted by atomic mass is 19.4. The molecule has 1 aromatic heterocycles. The fraction of sp³-hybridized carbons (Fsp3) is 0.647. The van der Waals surface area contributed by atoms with Crippen LogP contribution in [0.1, 0.15) is 37.7 Å². The van der Waals surface area contributed by atoms with Gasteiger partial charge in [0.15, 0.2) is 0 Å². The Morgan fingerprint density at radius 3 is 2.17 bits per heavy atom. The third kappa shape index (κ3) is 2.63. The van der Waals surface area contributed by atoms with E-state index in [0.717, 1.165) is 37.1 Å². The smallest absolute Gasteiger partial charge is 0.352 e. The Kier molecular flexibility index (Phi) is 3.19. The number of carbonyl (C=O) groups is 1. The highest BCUT2D eigenvalue weighted by molar-refractivity contribution is 5.80. The van der Waals surface area contributed by atoms with E-state index in [2.05, 4.69) is 9.88 Å². The van der Waals surface area contributed by atoms with Crippen LogP contribution < -0.4 is 4.90 Å². The van der Waals surface area contributed by atoms with E-state index in [9.17, 15) is 18.0 Å². The van der Waals surface area contributed by atoms with Crippen LogP contribution in [0, 0.1) is 6.92 Å². The van der Waals surface area contributed by atoms with Crippen LogP contribution in [-0.2, 0) is 4.79 Å². The van der Waals surface area contributed by atoms with Crippen LogP contribution in [-0.4, -0.2) is 46.1 Å². The second kappa shape index (κ2) is 4.86. The number of pyridine rings is 1. The van der Waals surface area contributed by atoms with Gasteiger partial charge >= 0.3 is 6.18 Å². The minimum Gasteiger partial charge on any atom is -0.352 e. The normalized spacial score (nSPS) is 23.7. The van der Waals surface area contributed by atoms with Crippen LogP contribution in [0.4, 0.5) is 19.0 Å². The zero-order chi connectivity index (χ0) is 17.2. The molecule has 2 saturated carbocycles. The van der Waals surface area contributed by atoms with E-state index in [4.69, 9.17) is 0 Å². The van der Waals surface area contributed by atoms with Gasteiger partial charge in [-0.3, -0.25) is 4.79 Å². The Bertz CT molecular complexity index is 641. The molecule has 3 aliphatic rings. The van der Waals surface area contributed by atoms with Crippen LogP contribution in [0.5, 0.6) is 0 Å². The number of alkyl halides is 3. The first-order chi connectivity index (χ1) is 11.2. The van der Waals surface area contributed by atoms with Gasteiger partial charge in [-0.05, 0) is 44.2 Å². The number of halogens is 3. The van der Waals surface area contributed by atoms with Crippen LogP contribution in [0.25, 0.3) is 0 Å². The summed E-state index contributed by atoms with van der Waals surface area (Å²) in [5.74, 6) is 0.0927. The summed E-state index contributed by atoms with van der Waals surface area (Å²) in [4.78, 5) is 20.6. The van der Waals surface area contributed by atoms with Crippen molar-refractivity contribution in [3.8, 4) is 0 Å². The maximum absolute atomic E-state index is 12.7. The summed E-state index contributed by atoms with van der Waals surface area (Å²) in [6.07, 6.45) is -0.878. The van der Waals surface area contributed by atoms with E-state index >= 15 is 0 Å². The Labute approximate surface area is 138 Å². The van der Waals surface area contributed by atoms with Crippen molar-refractivity contribution in [2.75, 3.05) is 18.0 Å². The lowest BCUT2D eigenvalue weighted by atomic mass is 10.0. The molecule has 3 fully saturated rings. The van der Waals surface area contributed by atoms with Gasteiger partial charge in [-0.15, -0.1) is 0 Å². The number of nitrogens with zero attached hydrogens (tertiary/aromatic N) is 3. The summed E-state index contributed by atoms with van der Waals surface area (Å²) in [5, 5.41) is 0. The number of hydrogen-bond donors (Lipinski definition) is 0. The number of anilines is 1. The highest BCUT2D eigenvalue weighted by Crippen LogP contribution is 2.57. The first-order valence-corrected chi connectivity index (χ1v) is 8.31. The molecule has 2 spiro atoms. The molecule has 0 radical (unpaired) electrons. The average Bonchev–Trinajstić information content (AvgIpc) is 3.38. The maximum Gasteiger partial charge on any atom is 0.397 e. The molecule has 2 heterocycles. The number of hydrogen-bond acceptors (Lipinski definition) is 3. The number of aryl methyl sites for hydroxylation is 1. The molecule has 4 rings (SSSR count). The number of piperazine rings is 1. The van der Waals surface area contributed by atoms with Crippen molar-refractivity contribution in [3.05, 3.63) is 23.9 Å². The number of aromatic nitrogens is 1. The number of amides is 1. The zero-order valence-corrected chi connectivity index (χ0v) is 13.6. The summed E-state index contributed by atoms with van der Waals surface area (Å²) in [6.45, 7) is 3.12. The van der Waals surface area contributed by atoms with E-state index in [1.54, 1.807) is 11.1 Å². The van der Waals surface area contributed by atoms with Crippen molar-refractivity contribution in [3.63, 3.8) is 0 Å². The van der Waals surface area contributed by atoms with Gasteiger partial charge in [-0.1, -0.05) is 6.07 Å². The summed E-state index contributed by atoms with van der Waals surface area (Å²) in [6, 6.07) is 3.94. The topological polar surface area (TPSA) is 36.4 Å². The molecule has 24 heavy (non-hydrogen) atoms. The average molecular weight is 339 g/mol. The lowest BCUT2D eigenvalue weighted by Gasteiger charge is -2.49. The predicted molar refractivity (Wildman–Crippen MR) is 82.6 cm³/mol. The monoisotopic (exact) mass is 339 g/mol. The molecule has 1 aromatic rings. The van der Waals surface area contributed by atoms with E-state index in [1.165, 1.54) is 0 Å². The second-order valence-electron chi connectivity index (χ2n) is 7.52. The van der Waals surface area contributed by atoms with E-state index in [-0.39, 0.29) is 0 Å². The lowest BCUT2D eigenvalue weighted by molar-refractivity contribution is -0.167. The van der Waals surface area contributed by atoms with Gasteiger partial charge in [-0.2, -0.15) is 13.2 Å². The molecule has 1 aliphatic heterocycles.